The molecule has 8 heteroatoms. The van der Waals surface area contributed by atoms with E-state index in [0.29, 0.717) is 0 Å². The van der Waals surface area contributed by atoms with Crippen molar-refractivity contribution in [2.45, 2.75) is 54.4 Å². The van der Waals surface area contributed by atoms with Gasteiger partial charge in [-0.05, 0) is 31.0 Å². The summed E-state index contributed by atoms with van der Waals surface area (Å²) in [5.41, 5.74) is 0. The molecule has 6 nitrogen and oxygen atoms in total. The summed E-state index contributed by atoms with van der Waals surface area (Å²) in [6.07, 6.45) is 5.97. The van der Waals surface area contributed by atoms with Crippen LogP contribution in [0.5, 0.6) is 0 Å². The molecule has 0 bridgehead atoms. The molecule has 0 spiro atoms. The van der Waals surface area contributed by atoms with E-state index in [1.165, 1.54) is 22.5 Å². The normalized spacial score (nSPS) is 18.3. The second-order valence-corrected chi connectivity index (χ2v) is 9.25. The standard InChI is InChI=1S/C14H22N2O4S2/c1-16(12-7-4-2-3-5-8-12)22(19,20)14-10-6-9-13(11-14)21(15,17)18/h6,9-12H,2-5,7-8H2,1H3,(H2,15,17,18). The van der Waals surface area contributed by atoms with Gasteiger partial charge in [-0.3, -0.25) is 0 Å². The number of benzene rings is 1. The fourth-order valence-electron chi connectivity index (χ4n) is 2.80. The van der Waals surface area contributed by atoms with Gasteiger partial charge >= 0.3 is 0 Å². The molecule has 0 heterocycles. The Morgan fingerprint density at radius 3 is 2.09 bits per heavy atom. The van der Waals surface area contributed by atoms with Gasteiger partial charge < -0.3 is 0 Å². The summed E-state index contributed by atoms with van der Waals surface area (Å²) in [5.74, 6) is 0. The Bertz CT molecular complexity index is 721. The number of nitrogens with zero attached hydrogens (tertiary/aromatic N) is 1. The summed E-state index contributed by atoms with van der Waals surface area (Å²) < 4.78 is 49.6. The molecule has 0 radical (unpaired) electrons. The molecule has 0 aromatic heterocycles. The lowest BCUT2D eigenvalue weighted by Crippen LogP contribution is -2.36. The zero-order valence-electron chi connectivity index (χ0n) is 12.6. The molecule has 124 valence electrons. The van der Waals surface area contributed by atoms with Crippen LogP contribution in [0.3, 0.4) is 0 Å². The van der Waals surface area contributed by atoms with Crippen molar-refractivity contribution in [2.24, 2.45) is 5.14 Å². The molecule has 22 heavy (non-hydrogen) atoms. The lowest BCUT2D eigenvalue weighted by molar-refractivity contribution is 0.335. The summed E-state index contributed by atoms with van der Waals surface area (Å²) in [6.45, 7) is 0. The van der Waals surface area contributed by atoms with Crippen molar-refractivity contribution < 1.29 is 16.8 Å². The van der Waals surface area contributed by atoms with Gasteiger partial charge in [-0.1, -0.05) is 31.7 Å². The monoisotopic (exact) mass is 346 g/mol. The first kappa shape index (κ1) is 17.4. The maximum atomic E-state index is 12.7. The zero-order valence-corrected chi connectivity index (χ0v) is 14.2. The van der Waals surface area contributed by atoms with Crippen LogP contribution < -0.4 is 5.14 Å². The predicted molar refractivity (Wildman–Crippen MR) is 84.3 cm³/mol. The van der Waals surface area contributed by atoms with Gasteiger partial charge in [-0.2, -0.15) is 4.31 Å². The Balaban J connectivity index is 2.33. The fraction of sp³-hybridized carbons (Fsp3) is 0.571. The Hall–Kier alpha value is -0.960. The van der Waals surface area contributed by atoms with Gasteiger partial charge in [0, 0.05) is 13.1 Å². The van der Waals surface area contributed by atoms with E-state index in [-0.39, 0.29) is 15.8 Å². The first-order valence-corrected chi connectivity index (χ1v) is 10.3. The smallest absolute Gasteiger partial charge is 0.225 e. The molecule has 1 saturated carbocycles. The van der Waals surface area contributed by atoms with E-state index in [1.807, 2.05) is 0 Å². The van der Waals surface area contributed by atoms with E-state index in [4.69, 9.17) is 5.14 Å². The third-order valence-electron chi connectivity index (χ3n) is 4.15. The average Bonchev–Trinajstić information content (AvgIpc) is 2.74. The third kappa shape index (κ3) is 3.87. The van der Waals surface area contributed by atoms with Crippen LogP contribution in [0.1, 0.15) is 38.5 Å². The van der Waals surface area contributed by atoms with Crippen LogP contribution in [-0.4, -0.2) is 34.2 Å². The van der Waals surface area contributed by atoms with Crippen molar-refractivity contribution >= 4 is 20.0 Å². The SMILES string of the molecule is CN(C1CCCCCC1)S(=O)(=O)c1cccc(S(N)(=O)=O)c1. The lowest BCUT2D eigenvalue weighted by atomic mass is 10.1. The Morgan fingerprint density at radius 2 is 1.55 bits per heavy atom. The van der Waals surface area contributed by atoms with Crippen LogP contribution in [0, 0.1) is 0 Å². The molecule has 0 aliphatic heterocycles. The topological polar surface area (TPSA) is 97.5 Å². The number of hydrogen-bond acceptors (Lipinski definition) is 4. The minimum absolute atomic E-state index is 0.0363. The molecular formula is C14H22N2O4S2. The van der Waals surface area contributed by atoms with Crippen molar-refractivity contribution in [2.75, 3.05) is 7.05 Å². The summed E-state index contributed by atoms with van der Waals surface area (Å²) >= 11 is 0. The Labute approximate surface area is 132 Å². The van der Waals surface area contributed by atoms with Crippen LogP contribution in [0.15, 0.2) is 34.1 Å². The van der Waals surface area contributed by atoms with E-state index in [9.17, 15) is 16.8 Å². The molecule has 0 atom stereocenters. The molecule has 1 aliphatic carbocycles. The van der Waals surface area contributed by atoms with Gasteiger partial charge in [0.25, 0.3) is 0 Å². The van der Waals surface area contributed by atoms with Crippen molar-refractivity contribution in [3.05, 3.63) is 24.3 Å². The number of sulfonamides is 2. The molecule has 0 saturated heterocycles. The molecule has 2 rings (SSSR count). The molecule has 1 aromatic rings. The maximum absolute atomic E-state index is 12.7. The highest BCUT2D eigenvalue weighted by Gasteiger charge is 2.29. The molecule has 2 N–H and O–H groups in total. The number of nitrogens with two attached hydrogens (primary N) is 1. The highest BCUT2D eigenvalue weighted by Crippen LogP contribution is 2.26. The molecule has 0 amide bonds. The lowest BCUT2D eigenvalue weighted by Gasteiger charge is -2.26. The van der Waals surface area contributed by atoms with Gasteiger partial charge in [0.1, 0.15) is 0 Å². The van der Waals surface area contributed by atoms with Crippen LogP contribution in [0.25, 0.3) is 0 Å². The molecule has 1 aliphatic rings. The van der Waals surface area contributed by atoms with Crippen molar-refractivity contribution in [1.29, 1.82) is 0 Å². The minimum atomic E-state index is -3.92. The van der Waals surface area contributed by atoms with E-state index < -0.39 is 20.0 Å². The van der Waals surface area contributed by atoms with E-state index >= 15 is 0 Å². The highest BCUT2D eigenvalue weighted by atomic mass is 32.2. The predicted octanol–water partition coefficient (Wildman–Crippen LogP) is 1.68. The van der Waals surface area contributed by atoms with Gasteiger partial charge in [-0.15, -0.1) is 0 Å². The van der Waals surface area contributed by atoms with Gasteiger partial charge in [0.2, 0.25) is 20.0 Å². The first-order valence-electron chi connectivity index (χ1n) is 7.34. The largest absolute Gasteiger partial charge is 0.243 e. The van der Waals surface area contributed by atoms with E-state index in [0.717, 1.165) is 44.6 Å². The maximum Gasteiger partial charge on any atom is 0.243 e. The summed E-state index contributed by atoms with van der Waals surface area (Å²) in [4.78, 5) is -0.228. The number of rotatable bonds is 4. The molecule has 0 unspecified atom stereocenters. The summed E-state index contributed by atoms with van der Waals surface area (Å²) in [5, 5.41) is 5.07. The van der Waals surface area contributed by atoms with Crippen LogP contribution >= 0.6 is 0 Å². The van der Waals surface area contributed by atoms with Crippen molar-refractivity contribution in [3.8, 4) is 0 Å². The van der Waals surface area contributed by atoms with Crippen LogP contribution in [0.4, 0.5) is 0 Å². The van der Waals surface area contributed by atoms with Gasteiger partial charge in [0.05, 0.1) is 9.79 Å². The van der Waals surface area contributed by atoms with E-state index in [2.05, 4.69) is 0 Å². The summed E-state index contributed by atoms with van der Waals surface area (Å²) in [7, 11) is -6.08. The second-order valence-electron chi connectivity index (χ2n) is 5.69. The van der Waals surface area contributed by atoms with Crippen LogP contribution in [0.2, 0.25) is 0 Å². The van der Waals surface area contributed by atoms with Crippen molar-refractivity contribution in [3.63, 3.8) is 0 Å². The second kappa shape index (κ2) is 6.66. The van der Waals surface area contributed by atoms with E-state index in [1.54, 1.807) is 7.05 Å². The Morgan fingerprint density at radius 1 is 1.00 bits per heavy atom. The fourth-order valence-corrected chi connectivity index (χ4v) is 4.89. The van der Waals surface area contributed by atoms with Crippen LogP contribution in [-0.2, 0) is 20.0 Å². The van der Waals surface area contributed by atoms with Gasteiger partial charge in [-0.25, -0.2) is 22.0 Å². The first-order chi connectivity index (χ1) is 10.2. The number of hydrogen-bond donors (Lipinski definition) is 1. The zero-order chi connectivity index (χ0) is 16.4. The molecular weight excluding hydrogens is 324 g/mol. The highest BCUT2D eigenvalue weighted by molar-refractivity contribution is 7.90. The minimum Gasteiger partial charge on any atom is -0.225 e. The van der Waals surface area contributed by atoms with Crippen molar-refractivity contribution in [1.82, 2.24) is 4.31 Å². The molecule has 1 fully saturated rings. The Kier molecular flexibility index (Phi) is 5.26. The number of primary sulfonamides is 1. The average molecular weight is 346 g/mol. The third-order valence-corrected chi connectivity index (χ3v) is 6.97. The van der Waals surface area contributed by atoms with Gasteiger partial charge in [0.15, 0.2) is 0 Å². The molecule has 1 aromatic carbocycles. The summed E-state index contributed by atoms with van der Waals surface area (Å²) in [6, 6.07) is 5.17. The quantitative estimate of drug-likeness (QED) is 0.839.